The number of rotatable bonds is 6. The van der Waals surface area contributed by atoms with Crippen LogP contribution in [0.15, 0.2) is 24.3 Å². The van der Waals surface area contributed by atoms with E-state index in [9.17, 15) is 19.2 Å². The van der Waals surface area contributed by atoms with E-state index in [2.05, 4.69) is 4.74 Å². The van der Waals surface area contributed by atoms with Gasteiger partial charge in [0, 0.05) is 12.6 Å². The number of hydrogen-bond donors (Lipinski definition) is 0. The van der Waals surface area contributed by atoms with E-state index in [0.717, 1.165) is 4.90 Å². The Morgan fingerprint density at radius 3 is 2.04 bits per heavy atom. The van der Waals surface area contributed by atoms with E-state index in [0.29, 0.717) is 11.1 Å². The maximum atomic E-state index is 12.8. The van der Waals surface area contributed by atoms with Gasteiger partial charge in [0.1, 0.15) is 6.04 Å². The van der Waals surface area contributed by atoms with Crippen molar-refractivity contribution in [3.63, 3.8) is 0 Å². The number of amides is 3. The fourth-order valence-electron chi connectivity index (χ4n) is 2.85. The lowest BCUT2D eigenvalue weighted by molar-refractivity contribution is -0.143. The van der Waals surface area contributed by atoms with Crippen molar-refractivity contribution in [2.75, 3.05) is 13.7 Å². The van der Waals surface area contributed by atoms with E-state index in [1.54, 1.807) is 24.3 Å². The van der Waals surface area contributed by atoms with Crippen LogP contribution in [0.25, 0.3) is 0 Å². The molecule has 0 N–H and O–H groups in total. The van der Waals surface area contributed by atoms with Crippen LogP contribution in [0.1, 0.15) is 47.9 Å². The van der Waals surface area contributed by atoms with Crippen LogP contribution in [0.2, 0.25) is 0 Å². The molecule has 7 heteroatoms. The summed E-state index contributed by atoms with van der Waals surface area (Å²) in [6, 6.07) is 5.37. The van der Waals surface area contributed by atoms with Crippen molar-refractivity contribution in [1.82, 2.24) is 9.80 Å². The molecule has 7 nitrogen and oxygen atoms in total. The molecule has 25 heavy (non-hydrogen) atoms. The second kappa shape index (κ2) is 7.46. The molecule has 0 aromatic heterocycles. The summed E-state index contributed by atoms with van der Waals surface area (Å²) in [5.74, 6) is -1.75. The fraction of sp³-hybridized carbons (Fsp3) is 0.444. The molecule has 2 rings (SSSR count). The first-order valence-corrected chi connectivity index (χ1v) is 8.13. The predicted octanol–water partition coefficient (Wildman–Crippen LogP) is 1.47. The molecule has 0 bridgehead atoms. The minimum Gasteiger partial charge on any atom is -0.469 e. The second-order valence-corrected chi connectivity index (χ2v) is 6.15. The van der Waals surface area contributed by atoms with E-state index >= 15 is 0 Å². The number of fused-ring (bicyclic) bond motifs is 1. The minimum atomic E-state index is -0.951. The molecule has 1 aromatic rings. The summed E-state index contributed by atoms with van der Waals surface area (Å²) in [5, 5.41) is 0. The summed E-state index contributed by atoms with van der Waals surface area (Å²) in [7, 11) is 1.28. The number of imide groups is 1. The molecule has 1 aliphatic heterocycles. The molecule has 0 fully saturated rings. The quantitative estimate of drug-likeness (QED) is 0.575. The van der Waals surface area contributed by atoms with Crippen LogP contribution >= 0.6 is 0 Å². The molecule has 134 valence electrons. The molecule has 1 unspecified atom stereocenters. The Labute approximate surface area is 146 Å². The number of carbonyl (C=O) groups excluding carboxylic acids is 4. The van der Waals surface area contributed by atoms with Gasteiger partial charge >= 0.3 is 5.97 Å². The minimum absolute atomic E-state index is 0.0509. The highest BCUT2D eigenvalue weighted by atomic mass is 16.5. The Hall–Kier alpha value is -2.70. The molecule has 1 atom stereocenters. The van der Waals surface area contributed by atoms with Crippen molar-refractivity contribution in [2.45, 2.75) is 39.3 Å². The molecule has 0 spiro atoms. The zero-order valence-corrected chi connectivity index (χ0v) is 14.8. The Kier molecular flexibility index (Phi) is 5.56. The molecule has 1 heterocycles. The standard InChI is InChI=1S/C18H22N2O5/c1-11(2)19(10-9-15(21)25-4)16(22)12(3)20-17(23)13-7-5-6-8-14(13)18(20)24/h5-8,11-12H,9-10H2,1-4H3. The molecule has 1 aromatic carbocycles. The van der Waals surface area contributed by atoms with Gasteiger partial charge in [0.15, 0.2) is 0 Å². The van der Waals surface area contributed by atoms with Gasteiger partial charge in [-0.15, -0.1) is 0 Å². The SMILES string of the molecule is COC(=O)CCN(C(=O)C(C)N1C(=O)c2ccccc2C1=O)C(C)C. The van der Waals surface area contributed by atoms with Gasteiger partial charge in [-0.25, -0.2) is 0 Å². The highest BCUT2D eigenvalue weighted by Crippen LogP contribution is 2.25. The summed E-state index contributed by atoms with van der Waals surface area (Å²) in [5.41, 5.74) is 0.607. The Morgan fingerprint density at radius 1 is 1.08 bits per heavy atom. The number of benzene rings is 1. The summed E-state index contributed by atoms with van der Waals surface area (Å²) in [6.45, 7) is 5.31. The van der Waals surface area contributed by atoms with Crippen molar-refractivity contribution in [3.8, 4) is 0 Å². The maximum Gasteiger partial charge on any atom is 0.307 e. The summed E-state index contributed by atoms with van der Waals surface area (Å²) in [4.78, 5) is 51.7. The topological polar surface area (TPSA) is 84.0 Å². The molecule has 1 aliphatic rings. The largest absolute Gasteiger partial charge is 0.469 e. The average molecular weight is 346 g/mol. The Balaban J connectivity index is 2.19. The van der Waals surface area contributed by atoms with Gasteiger partial charge in [-0.05, 0) is 32.9 Å². The molecular formula is C18H22N2O5. The monoisotopic (exact) mass is 346 g/mol. The third-order valence-electron chi connectivity index (χ3n) is 4.26. The first-order valence-electron chi connectivity index (χ1n) is 8.13. The lowest BCUT2D eigenvalue weighted by Crippen LogP contribution is -2.51. The van der Waals surface area contributed by atoms with Crippen molar-refractivity contribution >= 4 is 23.7 Å². The van der Waals surface area contributed by atoms with Gasteiger partial charge < -0.3 is 9.64 Å². The fourth-order valence-corrected chi connectivity index (χ4v) is 2.85. The van der Waals surface area contributed by atoms with E-state index < -0.39 is 23.8 Å². The van der Waals surface area contributed by atoms with E-state index in [-0.39, 0.29) is 24.9 Å². The van der Waals surface area contributed by atoms with Crippen molar-refractivity contribution in [2.24, 2.45) is 0 Å². The van der Waals surface area contributed by atoms with Gasteiger partial charge in [0.25, 0.3) is 11.8 Å². The Morgan fingerprint density at radius 2 is 1.60 bits per heavy atom. The van der Waals surface area contributed by atoms with Gasteiger partial charge in [0.2, 0.25) is 5.91 Å². The van der Waals surface area contributed by atoms with Gasteiger partial charge in [-0.3, -0.25) is 24.1 Å². The van der Waals surface area contributed by atoms with Crippen LogP contribution in [0.5, 0.6) is 0 Å². The van der Waals surface area contributed by atoms with Gasteiger partial charge in [-0.2, -0.15) is 0 Å². The van der Waals surface area contributed by atoms with Crippen LogP contribution in [0.4, 0.5) is 0 Å². The molecule has 0 saturated heterocycles. The molecule has 0 radical (unpaired) electrons. The van der Waals surface area contributed by atoms with Crippen LogP contribution in [-0.4, -0.2) is 59.2 Å². The number of esters is 1. The number of ether oxygens (including phenoxy) is 1. The normalized spacial score (nSPS) is 14.5. The van der Waals surface area contributed by atoms with Gasteiger partial charge in [-0.1, -0.05) is 12.1 Å². The highest BCUT2D eigenvalue weighted by molar-refractivity contribution is 6.22. The molecule has 0 aliphatic carbocycles. The predicted molar refractivity (Wildman–Crippen MR) is 89.9 cm³/mol. The van der Waals surface area contributed by atoms with Crippen molar-refractivity contribution < 1.29 is 23.9 Å². The lowest BCUT2D eigenvalue weighted by Gasteiger charge is -2.32. The summed E-state index contributed by atoms with van der Waals surface area (Å²) in [6.07, 6.45) is 0.0509. The summed E-state index contributed by atoms with van der Waals surface area (Å²) >= 11 is 0. The Bertz CT molecular complexity index is 678. The van der Waals surface area contributed by atoms with E-state index in [4.69, 9.17) is 0 Å². The average Bonchev–Trinajstić information content (AvgIpc) is 2.85. The van der Waals surface area contributed by atoms with Gasteiger partial charge in [0.05, 0.1) is 24.7 Å². The van der Waals surface area contributed by atoms with E-state index in [1.807, 2.05) is 13.8 Å². The third kappa shape index (κ3) is 3.55. The molecule has 0 saturated carbocycles. The lowest BCUT2D eigenvalue weighted by atomic mass is 10.1. The van der Waals surface area contributed by atoms with E-state index in [1.165, 1.54) is 18.9 Å². The maximum absolute atomic E-state index is 12.8. The first kappa shape index (κ1) is 18.6. The van der Waals surface area contributed by atoms with Crippen LogP contribution in [0.3, 0.4) is 0 Å². The molecular weight excluding hydrogens is 324 g/mol. The smallest absolute Gasteiger partial charge is 0.307 e. The third-order valence-corrected chi connectivity index (χ3v) is 4.26. The molecule has 3 amide bonds. The zero-order chi connectivity index (χ0) is 18.7. The summed E-state index contributed by atoms with van der Waals surface area (Å²) < 4.78 is 4.60. The zero-order valence-electron chi connectivity index (χ0n) is 14.8. The second-order valence-electron chi connectivity index (χ2n) is 6.15. The van der Waals surface area contributed by atoms with Crippen molar-refractivity contribution in [3.05, 3.63) is 35.4 Å². The van der Waals surface area contributed by atoms with Crippen LogP contribution in [-0.2, 0) is 14.3 Å². The number of nitrogens with zero attached hydrogens (tertiary/aromatic N) is 2. The first-order chi connectivity index (χ1) is 11.8. The van der Waals surface area contributed by atoms with Crippen molar-refractivity contribution in [1.29, 1.82) is 0 Å². The van der Waals surface area contributed by atoms with Crippen LogP contribution in [0, 0.1) is 0 Å². The highest BCUT2D eigenvalue weighted by Gasteiger charge is 2.42. The number of hydrogen-bond acceptors (Lipinski definition) is 5. The number of carbonyl (C=O) groups is 4. The number of methoxy groups -OCH3 is 1. The van der Waals surface area contributed by atoms with Crippen LogP contribution < -0.4 is 0 Å².